The van der Waals surface area contributed by atoms with Gasteiger partial charge in [-0.05, 0) is 37.8 Å². The standard InChI is InChI=1S/C19H26N4O5/c1-28-16-14(21-8-6-19(10-24,11-25)7-9-21)5-4-13-15(16)22(12-2-3-12)18(27)23(20)17(13)26/h4-5,12,24-25H,2-3,6-11,20H2,1H3. The Kier molecular flexibility index (Phi) is 4.59. The van der Waals surface area contributed by atoms with E-state index >= 15 is 0 Å². The summed E-state index contributed by atoms with van der Waals surface area (Å²) >= 11 is 0. The Balaban J connectivity index is 1.86. The van der Waals surface area contributed by atoms with E-state index in [2.05, 4.69) is 4.90 Å². The van der Waals surface area contributed by atoms with Gasteiger partial charge in [0.25, 0.3) is 5.56 Å². The number of ether oxygens (including phenoxy) is 1. The molecule has 1 aromatic carbocycles. The number of benzene rings is 1. The van der Waals surface area contributed by atoms with Gasteiger partial charge in [-0.15, -0.1) is 0 Å². The molecule has 1 saturated heterocycles. The first-order valence-corrected chi connectivity index (χ1v) is 9.56. The van der Waals surface area contributed by atoms with Crippen LogP contribution in [0, 0.1) is 5.41 Å². The number of methoxy groups -OCH3 is 1. The molecule has 1 aromatic heterocycles. The number of piperidine rings is 1. The predicted octanol–water partition coefficient (Wildman–Crippen LogP) is -0.208. The first-order valence-electron chi connectivity index (χ1n) is 9.56. The Bertz CT molecular complexity index is 1010. The predicted molar refractivity (Wildman–Crippen MR) is 105 cm³/mol. The molecule has 9 heteroatoms. The Hall–Kier alpha value is -2.52. The second kappa shape index (κ2) is 6.82. The number of nitrogen functional groups attached to an aromatic ring is 1. The molecule has 152 valence electrons. The highest BCUT2D eigenvalue weighted by atomic mass is 16.5. The third-order valence-electron chi connectivity index (χ3n) is 6.16. The lowest BCUT2D eigenvalue weighted by Crippen LogP contribution is -2.45. The average Bonchev–Trinajstić information content (AvgIpc) is 3.56. The van der Waals surface area contributed by atoms with Crippen LogP contribution in [0.1, 0.15) is 31.7 Å². The zero-order chi connectivity index (χ0) is 20.1. The van der Waals surface area contributed by atoms with E-state index in [9.17, 15) is 19.8 Å². The summed E-state index contributed by atoms with van der Waals surface area (Å²) in [6.07, 6.45) is 3.00. The summed E-state index contributed by atoms with van der Waals surface area (Å²) in [5, 5.41) is 19.6. The number of hydrogen-bond donors (Lipinski definition) is 3. The molecule has 0 amide bonds. The number of hydrogen-bond acceptors (Lipinski definition) is 7. The van der Waals surface area contributed by atoms with E-state index in [-0.39, 0.29) is 19.3 Å². The Morgan fingerprint density at radius 1 is 1.18 bits per heavy atom. The second-order valence-electron chi connectivity index (χ2n) is 7.88. The molecule has 2 heterocycles. The smallest absolute Gasteiger partial charge is 0.350 e. The van der Waals surface area contributed by atoms with Gasteiger partial charge in [-0.2, -0.15) is 4.68 Å². The van der Waals surface area contributed by atoms with E-state index in [4.69, 9.17) is 10.6 Å². The molecule has 4 N–H and O–H groups in total. The van der Waals surface area contributed by atoms with Crippen LogP contribution in [0.25, 0.3) is 10.9 Å². The molecule has 1 aliphatic carbocycles. The van der Waals surface area contributed by atoms with Gasteiger partial charge in [-0.3, -0.25) is 9.36 Å². The van der Waals surface area contributed by atoms with Crippen LogP contribution in [-0.2, 0) is 0 Å². The highest BCUT2D eigenvalue weighted by Crippen LogP contribution is 2.42. The fourth-order valence-electron chi connectivity index (χ4n) is 4.11. The third-order valence-corrected chi connectivity index (χ3v) is 6.16. The number of aliphatic hydroxyl groups excluding tert-OH is 2. The van der Waals surface area contributed by atoms with E-state index in [1.54, 1.807) is 10.6 Å². The molecular formula is C19H26N4O5. The summed E-state index contributed by atoms with van der Waals surface area (Å²) in [6, 6.07) is 3.53. The number of nitrogens with two attached hydrogens (primary N) is 1. The molecule has 0 atom stereocenters. The normalized spacial score (nSPS) is 19.2. The van der Waals surface area contributed by atoms with Crippen molar-refractivity contribution in [2.45, 2.75) is 31.7 Å². The monoisotopic (exact) mass is 390 g/mol. The Morgan fingerprint density at radius 2 is 1.82 bits per heavy atom. The SMILES string of the molecule is COc1c(N2CCC(CO)(CO)CC2)ccc2c(=O)n(N)c(=O)n(C3CC3)c12. The number of nitrogens with zero attached hydrogens (tertiary/aromatic N) is 3. The molecule has 1 aliphatic heterocycles. The van der Waals surface area contributed by atoms with E-state index in [1.165, 1.54) is 7.11 Å². The van der Waals surface area contributed by atoms with Crippen molar-refractivity contribution in [3.8, 4) is 5.75 Å². The summed E-state index contributed by atoms with van der Waals surface area (Å²) < 4.78 is 7.94. The number of anilines is 1. The molecule has 2 aromatic rings. The van der Waals surface area contributed by atoms with E-state index < -0.39 is 16.7 Å². The third kappa shape index (κ3) is 2.77. The molecule has 28 heavy (non-hydrogen) atoms. The van der Waals surface area contributed by atoms with Crippen LogP contribution in [0.3, 0.4) is 0 Å². The summed E-state index contributed by atoms with van der Waals surface area (Å²) in [5.41, 5.74) is -0.263. The summed E-state index contributed by atoms with van der Waals surface area (Å²) in [6.45, 7) is 1.15. The first kappa shape index (κ1) is 18.8. The fraction of sp³-hybridized carbons (Fsp3) is 0.579. The van der Waals surface area contributed by atoms with Crippen molar-refractivity contribution in [3.05, 3.63) is 33.0 Å². The highest BCUT2D eigenvalue weighted by molar-refractivity contribution is 5.90. The number of rotatable bonds is 5. The van der Waals surface area contributed by atoms with Crippen molar-refractivity contribution in [1.82, 2.24) is 9.24 Å². The van der Waals surface area contributed by atoms with Crippen molar-refractivity contribution in [2.75, 3.05) is 44.2 Å². The minimum atomic E-state index is -0.542. The van der Waals surface area contributed by atoms with Gasteiger partial charge in [-0.1, -0.05) is 0 Å². The summed E-state index contributed by atoms with van der Waals surface area (Å²) in [7, 11) is 1.53. The van der Waals surface area contributed by atoms with Crippen LogP contribution >= 0.6 is 0 Å². The fourth-order valence-corrected chi connectivity index (χ4v) is 4.11. The lowest BCUT2D eigenvalue weighted by Gasteiger charge is -2.41. The maximum absolute atomic E-state index is 12.7. The quantitative estimate of drug-likeness (QED) is 0.604. The molecule has 2 aliphatic rings. The molecule has 4 rings (SSSR count). The minimum Gasteiger partial charge on any atom is -0.492 e. The van der Waals surface area contributed by atoms with Crippen LogP contribution < -0.4 is 26.7 Å². The number of aliphatic hydroxyl groups is 2. The zero-order valence-corrected chi connectivity index (χ0v) is 15.9. The van der Waals surface area contributed by atoms with Crippen LogP contribution in [-0.4, -0.2) is 52.9 Å². The van der Waals surface area contributed by atoms with Crippen molar-refractivity contribution in [2.24, 2.45) is 5.41 Å². The largest absolute Gasteiger partial charge is 0.492 e. The van der Waals surface area contributed by atoms with Crippen molar-refractivity contribution >= 4 is 16.6 Å². The lowest BCUT2D eigenvalue weighted by molar-refractivity contribution is 0.0340. The molecule has 9 nitrogen and oxygen atoms in total. The first-order chi connectivity index (χ1) is 13.5. The van der Waals surface area contributed by atoms with Gasteiger partial charge >= 0.3 is 5.69 Å². The second-order valence-corrected chi connectivity index (χ2v) is 7.88. The molecule has 0 unspecified atom stereocenters. The highest BCUT2D eigenvalue weighted by Gasteiger charge is 2.35. The summed E-state index contributed by atoms with van der Waals surface area (Å²) in [4.78, 5) is 27.4. The Morgan fingerprint density at radius 3 is 2.36 bits per heavy atom. The number of aromatic nitrogens is 2. The van der Waals surface area contributed by atoms with Crippen LogP contribution in [0.5, 0.6) is 5.75 Å². The van der Waals surface area contributed by atoms with Gasteiger partial charge in [0.15, 0.2) is 5.75 Å². The molecule has 0 bridgehead atoms. The molecule has 0 spiro atoms. The zero-order valence-electron chi connectivity index (χ0n) is 15.9. The van der Waals surface area contributed by atoms with Crippen molar-refractivity contribution in [3.63, 3.8) is 0 Å². The van der Waals surface area contributed by atoms with Gasteiger partial charge in [0.1, 0.15) is 5.52 Å². The molecule has 0 radical (unpaired) electrons. The minimum absolute atomic E-state index is 0.0207. The lowest BCUT2D eigenvalue weighted by atomic mass is 9.80. The van der Waals surface area contributed by atoms with Crippen LogP contribution in [0.4, 0.5) is 5.69 Å². The molecule has 1 saturated carbocycles. The van der Waals surface area contributed by atoms with Crippen molar-refractivity contribution in [1.29, 1.82) is 0 Å². The molecular weight excluding hydrogens is 364 g/mol. The Labute approximate surface area is 161 Å². The summed E-state index contributed by atoms with van der Waals surface area (Å²) in [5.74, 6) is 6.21. The van der Waals surface area contributed by atoms with Gasteiger partial charge in [0.05, 0.1) is 31.4 Å². The van der Waals surface area contributed by atoms with Gasteiger partial charge in [-0.25, -0.2) is 4.79 Å². The van der Waals surface area contributed by atoms with E-state index in [0.717, 1.165) is 18.5 Å². The number of fused-ring (bicyclic) bond motifs is 1. The van der Waals surface area contributed by atoms with Gasteiger partial charge in [0.2, 0.25) is 0 Å². The van der Waals surface area contributed by atoms with E-state index in [1.807, 2.05) is 6.07 Å². The van der Waals surface area contributed by atoms with Crippen LogP contribution in [0.15, 0.2) is 21.7 Å². The average molecular weight is 390 g/mol. The van der Waals surface area contributed by atoms with E-state index in [0.29, 0.717) is 47.3 Å². The maximum Gasteiger partial charge on any atom is 0.350 e. The van der Waals surface area contributed by atoms with Gasteiger partial charge in [0, 0.05) is 24.5 Å². The van der Waals surface area contributed by atoms with Crippen molar-refractivity contribution < 1.29 is 14.9 Å². The topological polar surface area (TPSA) is 123 Å². The van der Waals surface area contributed by atoms with Crippen LogP contribution in [0.2, 0.25) is 0 Å². The maximum atomic E-state index is 12.7. The van der Waals surface area contributed by atoms with Gasteiger partial charge < -0.3 is 25.7 Å². The molecule has 2 fully saturated rings.